The topological polar surface area (TPSA) is 79.1 Å². The molecule has 0 saturated carbocycles. The van der Waals surface area contributed by atoms with E-state index in [9.17, 15) is 0 Å². The molecule has 4 N–H and O–H groups in total. The molecule has 0 radical (unpaired) electrons. The number of rotatable bonds is 5. The number of nitrogens with one attached hydrogen (secondary N) is 2. The third-order valence-electron chi connectivity index (χ3n) is 2.84. The Balaban J connectivity index is 2.80. The molecule has 6 nitrogen and oxygen atoms in total. The van der Waals surface area contributed by atoms with E-state index in [-0.39, 0.29) is 0 Å². The van der Waals surface area contributed by atoms with Gasteiger partial charge in [0.15, 0.2) is 0 Å². The lowest BCUT2D eigenvalue weighted by atomic mass is 10.2. The molecule has 0 aliphatic carbocycles. The molecule has 0 aliphatic heterocycles. The van der Waals surface area contributed by atoms with E-state index in [0.717, 1.165) is 17.9 Å². The molecule has 1 heterocycles. The molecule has 0 spiro atoms. The van der Waals surface area contributed by atoms with E-state index in [1.54, 1.807) is 0 Å². The maximum absolute atomic E-state index is 5.42. The molecule has 0 aromatic carbocycles. The zero-order valence-corrected chi connectivity index (χ0v) is 11.2. The second-order valence-electron chi connectivity index (χ2n) is 4.43. The molecule has 0 fully saturated rings. The van der Waals surface area contributed by atoms with E-state index in [4.69, 9.17) is 5.84 Å². The fraction of sp³-hybridized carbons (Fsp3) is 0.636. The van der Waals surface area contributed by atoms with Gasteiger partial charge >= 0.3 is 0 Å². The quantitative estimate of drug-likeness (QED) is 0.519. The highest BCUT2D eigenvalue weighted by Gasteiger charge is 2.10. The molecule has 1 aromatic heterocycles. The summed E-state index contributed by atoms with van der Waals surface area (Å²) in [6.07, 6.45) is 0. The van der Waals surface area contributed by atoms with Gasteiger partial charge in [0, 0.05) is 18.2 Å². The summed E-state index contributed by atoms with van der Waals surface area (Å²) in [5.74, 6) is 7.61. The van der Waals surface area contributed by atoms with Crippen LogP contribution < -0.4 is 16.6 Å². The summed E-state index contributed by atoms with van der Waals surface area (Å²) >= 11 is 0. The van der Waals surface area contributed by atoms with Gasteiger partial charge in [-0.15, -0.1) is 0 Å². The van der Waals surface area contributed by atoms with Gasteiger partial charge in [-0.1, -0.05) is 0 Å². The summed E-state index contributed by atoms with van der Waals surface area (Å²) in [6, 6.07) is 0.430. The number of hydrazine groups is 1. The number of nitrogens with two attached hydrogens (primary N) is 1. The van der Waals surface area contributed by atoms with Crippen LogP contribution in [0.1, 0.15) is 18.3 Å². The van der Waals surface area contributed by atoms with E-state index < -0.39 is 0 Å². The van der Waals surface area contributed by atoms with E-state index in [0.29, 0.717) is 17.7 Å². The van der Waals surface area contributed by atoms with Crippen LogP contribution in [0.3, 0.4) is 0 Å². The van der Waals surface area contributed by atoms with Crippen LogP contribution in [0, 0.1) is 13.8 Å². The highest BCUT2D eigenvalue weighted by Crippen LogP contribution is 2.18. The largest absolute Gasteiger partial charge is 0.368 e. The number of hydrogen-bond donors (Lipinski definition) is 3. The van der Waals surface area contributed by atoms with E-state index in [2.05, 4.69) is 46.6 Å². The minimum Gasteiger partial charge on any atom is -0.368 e. The SMILES string of the molecule is Cc1nc(NN)c(C)c(NCC(C)N(C)C)n1. The van der Waals surface area contributed by atoms with Crippen molar-refractivity contribution in [2.75, 3.05) is 31.4 Å². The molecule has 0 saturated heterocycles. The number of nitrogens with zero attached hydrogens (tertiary/aromatic N) is 3. The van der Waals surface area contributed by atoms with Gasteiger partial charge in [0.1, 0.15) is 17.5 Å². The van der Waals surface area contributed by atoms with Gasteiger partial charge in [-0.3, -0.25) is 0 Å². The first-order valence-electron chi connectivity index (χ1n) is 5.67. The molecule has 6 heteroatoms. The molecule has 0 bridgehead atoms. The van der Waals surface area contributed by atoms with Crippen molar-refractivity contribution in [1.29, 1.82) is 0 Å². The zero-order chi connectivity index (χ0) is 13.0. The molecule has 1 aromatic rings. The summed E-state index contributed by atoms with van der Waals surface area (Å²) in [5.41, 5.74) is 3.52. The molecular weight excluding hydrogens is 216 g/mol. The first-order chi connectivity index (χ1) is 7.95. The Bertz CT molecular complexity index is 376. The number of likely N-dealkylation sites (N-methyl/N-ethyl adjacent to an activating group) is 1. The van der Waals surface area contributed by atoms with Crippen molar-refractivity contribution in [3.8, 4) is 0 Å². The summed E-state index contributed by atoms with van der Waals surface area (Å²) in [4.78, 5) is 10.7. The fourth-order valence-electron chi connectivity index (χ4n) is 1.37. The maximum Gasteiger partial charge on any atom is 0.148 e. The van der Waals surface area contributed by atoms with E-state index >= 15 is 0 Å². The Morgan fingerprint density at radius 3 is 2.35 bits per heavy atom. The zero-order valence-electron chi connectivity index (χ0n) is 11.2. The predicted octanol–water partition coefficient (Wildman–Crippen LogP) is 0.741. The van der Waals surface area contributed by atoms with Crippen LogP contribution in [0.25, 0.3) is 0 Å². The highest BCUT2D eigenvalue weighted by atomic mass is 15.3. The van der Waals surface area contributed by atoms with Crippen molar-refractivity contribution in [2.24, 2.45) is 5.84 Å². The first kappa shape index (κ1) is 13.7. The number of hydrogen-bond acceptors (Lipinski definition) is 6. The minimum atomic E-state index is 0.430. The second-order valence-corrected chi connectivity index (χ2v) is 4.43. The molecule has 96 valence electrons. The fourth-order valence-corrected chi connectivity index (χ4v) is 1.37. The van der Waals surface area contributed by atoms with Gasteiger partial charge in [-0.2, -0.15) is 0 Å². The van der Waals surface area contributed by atoms with Crippen molar-refractivity contribution >= 4 is 11.6 Å². The Hall–Kier alpha value is -1.40. The predicted molar refractivity (Wildman–Crippen MR) is 71.0 cm³/mol. The lowest BCUT2D eigenvalue weighted by molar-refractivity contribution is 0.326. The van der Waals surface area contributed by atoms with Crippen molar-refractivity contribution in [3.63, 3.8) is 0 Å². The number of aromatic nitrogens is 2. The van der Waals surface area contributed by atoms with Crippen LogP contribution >= 0.6 is 0 Å². The van der Waals surface area contributed by atoms with Crippen LogP contribution in [0.15, 0.2) is 0 Å². The Kier molecular flexibility index (Phi) is 4.65. The van der Waals surface area contributed by atoms with Crippen molar-refractivity contribution in [3.05, 3.63) is 11.4 Å². The lowest BCUT2D eigenvalue weighted by Gasteiger charge is -2.21. The Labute approximate surface area is 103 Å². The molecule has 0 amide bonds. The summed E-state index contributed by atoms with van der Waals surface area (Å²) in [5, 5.41) is 3.32. The first-order valence-corrected chi connectivity index (χ1v) is 5.67. The summed E-state index contributed by atoms with van der Waals surface area (Å²) < 4.78 is 0. The molecule has 1 atom stereocenters. The Morgan fingerprint density at radius 1 is 1.24 bits per heavy atom. The molecule has 1 rings (SSSR count). The molecule has 1 unspecified atom stereocenters. The normalized spacial score (nSPS) is 12.6. The molecule has 17 heavy (non-hydrogen) atoms. The average molecular weight is 238 g/mol. The van der Waals surface area contributed by atoms with Gasteiger partial charge in [-0.25, -0.2) is 15.8 Å². The molecule has 0 aliphatic rings. The van der Waals surface area contributed by atoms with Crippen LogP contribution in [0.4, 0.5) is 11.6 Å². The maximum atomic E-state index is 5.42. The van der Waals surface area contributed by atoms with Gasteiger partial charge in [-0.05, 0) is 34.9 Å². The van der Waals surface area contributed by atoms with Crippen LogP contribution in [0.2, 0.25) is 0 Å². The average Bonchev–Trinajstić information content (AvgIpc) is 2.29. The number of nitrogen functional groups attached to an aromatic ring is 1. The van der Waals surface area contributed by atoms with Gasteiger partial charge < -0.3 is 15.6 Å². The van der Waals surface area contributed by atoms with Crippen LogP contribution in [0.5, 0.6) is 0 Å². The smallest absolute Gasteiger partial charge is 0.148 e. The third kappa shape index (κ3) is 3.54. The van der Waals surface area contributed by atoms with E-state index in [1.807, 2.05) is 13.8 Å². The van der Waals surface area contributed by atoms with Gasteiger partial charge in [0.2, 0.25) is 0 Å². The van der Waals surface area contributed by atoms with Crippen LogP contribution in [-0.2, 0) is 0 Å². The van der Waals surface area contributed by atoms with Crippen LogP contribution in [-0.4, -0.2) is 41.5 Å². The summed E-state index contributed by atoms with van der Waals surface area (Å²) in [7, 11) is 4.11. The third-order valence-corrected chi connectivity index (χ3v) is 2.84. The van der Waals surface area contributed by atoms with E-state index in [1.165, 1.54) is 0 Å². The van der Waals surface area contributed by atoms with Gasteiger partial charge in [0.25, 0.3) is 0 Å². The number of anilines is 2. The minimum absolute atomic E-state index is 0.430. The van der Waals surface area contributed by atoms with Crippen molar-refractivity contribution < 1.29 is 0 Å². The monoisotopic (exact) mass is 238 g/mol. The second kappa shape index (κ2) is 5.79. The number of aryl methyl sites for hydroxylation is 1. The molecular formula is C11H22N6. The lowest BCUT2D eigenvalue weighted by Crippen LogP contribution is -2.32. The summed E-state index contributed by atoms with van der Waals surface area (Å²) in [6.45, 7) is 6.77. The highest BCUT2D eigenvalue weighted by molar-refractivity contribution is 5.56. The van der Waals surface area contributed by atoms with Gasteiger partial charge in [0.05, 0.1) is 0 Å². The standard InChI is InChI=1S/C11H22N6/c1-7(17(4)5)6-13-10-8(2)11(16-12)15-9(3)14-10/h7H,6,12H2,1-5H3,(H2,13,14,15,16). The Morgan fingerprint density at radius 2 is 1.82 bits per heavy atom. The van der Waals surface area contributed by atoms with Crippen molar-refractivity contribution in [1.82, 2.24) is 14.9 Å². The van der Waals surface area contributed by atoms with Crippen molar-refractivity contribution in [2.45, 2.75) is 26.8 Å².